The normalized spacial score (nSPS) is 17.9. The van der Waals surface area contributed by atoms with Gasteiger partial charge in [-0.2, -0.15) is 5.10 Å². The van der Waals surface area contributed by atoms with E-state index in [2.05, 4.69) is 20.7 Å². The molecule has 1 aliphatic rings. The van der Waals surface area contributed by atoms with Crippen LogP contribution in [0.3, 0.4) is 0 Å². The molecule has 21 heavy (non-hydrogen) atoms. The zero-order valence-corrected chi connectivity index (χ0v) is 12.2. The highest BCUT2D eigenvalue weighted by Gasteiger charge is 2.19. The number of nitrogens with zero attached hydrogens (tertiary/aromatic N) is 3. The summed E-state index contributed by atoms with van der Waals surface area (Å²) < 4.78 is 1.55. The van der Waals surface area contributed by atoms with Gasteiger partial charge in [0, 0.05) is 12.5 Å². The Balaban J connectivity index is 1.79. The fraction of sp³-hybridized carbons (Fsp3) is 0.357. The number of nitrogens with one attached hydrogen (secondary N) is 2. The number of benzene rings is 1. The van der Waals surface area contributed by atoms with E-state index in [-0.39, 0.29) is 11.9 Å². The van der Waals surface area contributed by atoms with E-state index in [9.17, 15) is 4.79 Å². The summed E-state index contributed by atoms with van der Waals surface area (Å²) in [7, 11) is 0. The molecule has 1 aromatic heterocycles. The molecule has 110 valence electrons. The molecule has 2 heterocycles. The average Bonchev–Trinajstić information content (AvgIpc) is 3.11. The first-order valence-corrected chi connectivity index (χ1v) is 7.28. The summed E-state index contributed by atoms with van der Waals surface area (Å²) in [5.74, 6) is -0.0296. The first-order chi connectivity index (χ1) is 10.2. The van der Waals surface area contributed by atoms with E-state index in [1.807, 2.05) is 6.07 Å². The fourth-order valence-corrected chi connectivity index (χ4v) is 2.79. The fourth-order valence-electron chi connectivity index (χ4n) is 2.53. The van der Waals surface area contributed by atoms with Crippen LogP contribution in [-0.2, 0) is 4.79 Å². The van der Waals surface area contributed by atoms with Crippen LogP contribution in [0.1, 0.15) is 19.3 Å². The number of para-hydroxylation sites is 1. The van der Waals surface area contributed by atoms with Crippen LogP contribution in [-0.4, -0.2) is 33.3 Å². The highest BCUT2D eigenvalue weighted by Crippen LogP contribution is 2.28. The SMILES string of the molecule is O=C(CC1CCCN1)Nc1cccc(Cl)c1-n1cncn1. The number of hydrogen-bond acceptors (Lipinski definition) is 4. The number of rotatable bonds is 4. The Morgan fingerprint density at radius 2 is 2.43 bits per heavy atom. The molecule has 0 aliphatic carbocycles. The van der Waals surface area contributed by atoms with E-state index in [1.54, 1.807) is 23.1 Å². The second kappa shape index (κ2) is 6.24. The Morgan fingerprint density at radius 3 is 3.14 bits per heavy atom. The van der Waals surface area contributed by atoms with Gasteiger partial charge in [-0.3, -0.25) is 4.79 Å². The molecule has 1 aromatic carbocycles. The molecule has 0 bridgehead atoms. The highest BCUT2D eigenvalue weighted by atomic mass is 35.5. The second-order valence-electron chi connectivity index (χ2n) is 5.02. The Hall–Kier alpha value is -1.92. The number of hydrogen-bond donors (Lipinski definition) is 2. The predicted molar refractivity (Wildman–Crippen MR) is 80.6 cm³/mol. The van der Waals surface area contributed by atoms with Gasteiger partial charge in [-0.1, -0.05) is 17.7 Å². The van der Waals surface area contributed by atoms with Crippen molar-refractivity contribution in [3.05, 3.63) is 35.9 Å². The van der Waals surface area contributed by atoms with Crippen molar-refractivity contribution in [1.29, 1.82) is 0 Å². The molecule has 2 aromatic rings. The summed E-state index contributed by atoms with van der Waals surface area (Å²) in [6.45, 7) is 0.985. The number of aromatic nitrogens is 3. The minimum Gasteiger partial charge on any atom is -0.324 e. The van der Waals surface area contributed by atoms with Crippen molar-refractivity contribution in [1.82, 2.24) is 20.1 Å². The van der Waals surface area contributed by atoms with Gasteiger partial charge in [0.2, 0.25) is 5.91 Å². The van der Waals surface area contributed by atoms with Crippen molar-refractivity contribution < 1.29 is 4.79 Å². The van der Waals surface area contributed by atoms with Crippen molar-refractivity contribution in [3.8, 4) is 5.69 Å². The van der Waals surface area contributed by atoms with Gasteiger partial charge >= 0.3 is 0 Å². The van der Waals surface area contributed by atoms with Gasteiger partial charge in [0.25, 0.3) is 0 Å². The first kappa shape index (κ1) is 14.0. The lowest BCUT2D eigenvalue weighted by Crippen LogP contribution is -2.27. The van der Waals surface area contributed by atoms with E-state index < -0.39 is 0 Å². The van der Waals surface area contributed by atoms with Gasteiger partial charge in [-0.15, -0.1) is 0 Å². The maximum absolute atomic E-state index is 12.2. The lowest BCUT2D eigenvalue weighted by atomic mass is 10.1. The molecule has 1 aliphatic heterocycles. The molecule has 1 amide bonds. The minimum absolute atomic E-state index is 0.0296. The van der Waals surface area contributed by atoms with E-state index in [1.165, 1.54) is 6.33 Å². The van der Waals surface area contributed by atoms with Crippen LogP contribution in [0.2, 0.25) is 5.02 Å². The van der Waals surface area contributed by atoms with Gasteiger partial charge in [0.05, 0.1) is 10.7 Å². The third-order valence-electron chi connectivity index (χ3n) is 3.50. The van der Waals surface area contributed by atoms with Gasteiger partial charge in [0.1, 0.15) is 18.3 Å². The molecule has 3 rings (SSSR count). The Kier molecular flexibility index (Phi) is 4.17. The molecule has 0 saturated carbocycles. The van der Waals surface area contributed by atoms with E-state index in [0.717, 1.165) is 19.4 Å². The van der Waals surface area contributed by atoms with Gasteiger partial charge in [-0.25, -0.2) is 9.67 Å². The number of carbonyl (C=O) groups excluding carboxylic acids is 1. The van der Waals surface area contributed by atoms with E-state index >= 15 is 0 Å². The Labute approximate surface area is 127 Å². The molecule has 7 heteroatoms. The summed E-state index contributed by atoms with van der Waals surface area (Å²) in [6, 6.07) is 5.63. The molecule has 1 saturated heterocycles. The van der Waals surface area contributed by atoms with Crippen LogP contribution < -0.4 is 10.6 Å². The smallest absolute Gasteiger partial charge is 0.225 e. The first-order valence-electron chi connectivity index (χ1n) is 6.91. The lowest BCUT2D eigenvalue weighted by molar-refractivity contribution is -0.116. The molecular weight excluding hydrogens is 290 g/mol. The maximum atomic E-state index is 12.2. The van der Waals surface area contributed by atoms with Crippen LogP contribution >= 0.6 is 11.6 Å². The van der Waals surface area contributed by atoms with E-state index in [0.29, 0.717) is 22.8 Å². The Morgan fingerprint density at radius 1 is 1.52 bits per heavy atom. The van der Waals surface area contributed by atoms with Crippen LogP contribution in [0.15, 0.2) is 30.9 Å². The summed E-state index contributed by atoms with van der Waals surface area (Å²) in [6.07, 6.45) is 5.61. The topological polar surface area (TPSA) is 71.8 Å². The molecule has 1 atom stereocenters. The molecule has 0 spiro atoms. The third-order valence-corrected chi connectivity index (χ3v) is 3.81. The molecule has 1 unspecified atom stereocenters. The molecule has 2 N–H and O–H groups in total. The zero-order chi connectivity index (χ0) is 14.7. The monoisotopic (exact) mass is 305 g/mol. The van der Waals surface area contributed by atoms with E-state index in [4.69, 9.17) is 11.6 Å². The van der Waals surface area contributed by atoms with Gasteiger partial charge in [-0.05, 0) is 31.5 Å². The van der Waals surface area contributed by atoms with Crippen LogP contribution in [0, 0.1) is 0 Å². The highest BCUT2D eigenvalue weighted by molar-refractivity contribution is 6.33. The standard InChI is InChI=1S/C14H16ClN5O/c15-11-4-1-5-12(14(11)20-9-16-8-18-20)19-13(21)7-10-3-2-6-17-10/h1,4-5,8-10,17H,2-3,6-7H2,(H,19,21). The van der Waals surface area contributed by atoms with Crippen LogP contribution in [0.5, 0.6) is 0 Å². The molecule has 0 radical (unpaired) electrons. The molecule has 1 fully saturated rings. The average molecular weight is 306 g/mol. The van der Waals surface area contributed by atoms with Gasteiger partial charge < -0.3 is 10.6 Å². The van der Waals surface area contributed by atoms with Crippen LogP contribution in [0.4, 0.5) is 5.69 Å². The number of carbonyl (C=O) groups is 1. The maximum Gasteiger partial charge on any atom is 0.225 e. The van der Waals surface area contributed by atoms with Crippen LogP contribution in [0.25, 0.3) is 5.69 Å². The van der Waals surface area contributed by atoms with Crippen molar-refractivity contribution in [2.45, 2.75) is 25.3 Å². The second-order valence-corrected chi connectivity index (χ2v) is 5.43. The molecular formula is C14H16ClN5O. The minimum atomic E-state index is -0.0296. The van der Waals surface area contributed by atoms with Crippen molar-refractivity contribution >= 4 is 23.2 Å². The summed E-state index contributed by atoms with van der Waals surface area (Å²) in [5, 5.41) is 10.8. The lowest BCUT2D eigenvalue weighted by Gasteiger charge is -2.14. The zero-order valence-electron chi connectivity index (χ0n) is 11.4. The summed E-state index contributed by atoms with van der Waals surface area (Å²) in [5.41, 5.74) is 1.26. The number of anilines is 1. The van der Waals surface area contributed by atoms with Crippen molar-refractivity contribution in [3.63, 3.8) is 0 Å². The quantitative estimate of drug-likeness (QED) is 0.906. The number of amides is 1. The van der Waals surface area contributed by atoms with Crippen molar-refractivity contribution in [2.24, 2.45) is 0 Å². The largest absolute Gasteiger partial charge is 0.324 e. The summed E-state index contributed by atoms with van der Waals surface area (Å²) in [4.78, 5) is 16.1. The number of halogens is 1. The van der Waals surface area contributed by atoms with Gasteiger partial charge in [0.15, 0.2) is 0 Å². The van der Waals surface area contributed by atoms with Crippen molar-refractivity contribution in [2.75, 3.05) is 11.9 Å². The summed E-state index contributed by atoms with van der Waals surface area (Å²) >= 11 is 6.22. The molecule has 6 nitrogen and oxygen atoms in total. The third kappa shape index (κ3) is 3.22. The Bertz CT molecular complexity index is 622. The predicted octanol–water partition coefficient (Wildman–Crippen LogP) is 2.00.